The van der Waals surface area contributed by atoms with E-state index < -0.39 is 0 Å². The summed E-state index contributed by atoms with van der Waals surface area (Å²) in [6.45, 7) is 11.9. The second-order valence-electron chi connectivity index (χ2n) is 8.86. The Morgan fingerprint density at radius 1 is 1.10 bits per heavy atom. The van der Waals surface area contributed by atoms with Crippen LogP contribution in [0, 0.1) is 5.92 Å². The number of likely N-dealkylation sites (tertiary alicyclic amines) is 1. The highest BCUT2D eigenvalue weighted by Gasteiger charge is 2.22. The van der Waals surface area contributed by atoms with Crippen molar-refractivity contribution in [2.45, 2.75) is 52.0 Å². The molecule has 1 aromatic carbocycles. The van der Waals surface area contributed by atoms with Gasteiger partial charge in [-0.15, -0.1) is 11.3 Å². The number of hydrogen-bond donors (Lipinski definition) is 0. The Hall–Kier alpha value is -1.14. The van der Waals surface area contributed by atoms with E-state index in [0.29, 0.717) is 11.1 Å². The second-order valence-corrected chi connectivity index (χ2v) is 10.2. The number of ether oxygens (including phenoxy) is 1. The van der Waals surface area contributed by atoms with E-state index in [1.54, 1.807) is 11.3 Å². The molecule has 0 bridgehead atoms. The first-order valence-electron chi connectivity index (χ1n) is 11.5. The number of aliphatic hydroxyl groups is 2. The topological polar surface area (TPSA) is 32.2 Å². The molecule has 1 unspecified atom stereocenters. The van der Waals surface area contributed by atoms with E-state index in [0.717, 1.165) is 50.3 Å². The Kier molecular flexibility index (Phi) is 7.69. The molecule has 0 amide bonds. The van der Waals surface area contributed by atoms with Gasteiger partial charge in [0, 0.05) is 11.4 Å². The molecule has 2 fully saturated rings. The molecule has 1 aromatic heterocycles. The van der Waals surface area contributed by atoms with Gasteiger partial charge in [-0.2, -0.15) is 0 Å². The van der Waals surface area contributed by atoms with Crippen LogP contribution in [-0.2, 0) is 13.0 Å². The summed E-state index contributed by atoms with van der Waals surface area (Å²) in [5, 5.41) is 1.73. The van der Waals surface area contributed by atoms with Gasteiger partial charge in [0.1, 0.15) is 5.15 Å². The molecule has 30 heavy (non-hydrogen) atoms. The zero-order chi connectivity index (χ0) is 20.9. The van der Waals surface area contributed by atoms with Gasteiger partial charge >= 0.3 is 0 Å². The van der Waals surface area contributed by atoms with Gasteiger partial charge in [0.15, 0.2) is 18.3 Å². The van der Waals surface area contributed by atoms with Gasteiger partial charge in [-0.05, 0) is 55.3 Å². The highest BCUT2D eigenvalue weighted by Crippen LogP contribution is 2.36. The Morgan fingerprint density at radius 2 is 1.77 bits per heavy atom. The van der Waals surface area contributed by atoms with Crippen LogP contribution < -0.4 is 4.90 Å². The van der Waals surface area contributed by atoms with Crippen LogP contribution in [0.4, 0.5) is 5.13 Å². The van der Waals surface area contributed by atoms with Gasteiger partial charge in [0.25, 0.3) is 0 Å². The Morgan fingerprint density at radius 3 is 2.43 bits per heavy atom. The number of aromatic nitrogens is 1. The zero-order valence-corrected chi connectivity index (χ0v) is 19.9. The Labute approximate surface area is 190 Å². The van der Waals surface area contributed by atoms with E-state index >= 15 is 0 Å². The standard InChI is InChI=1S/C24H34ClN3OS/c1-3-19-8-10-27(11-9-19)17-21-6-4-20(5-7-21)16-18(2)22-23(25)26-24(30-22)28-12-14-29-15-13-28/h4-7,18-19H,3,8-17H2,1-2H3/p+1. The van der Waals surface area contributed by atoms with E-state index in [2.05, 4.69) is 57.6 Å². The molecule has 0 radical (unpaired) electrons. The maximum atomic E-state index is 6.52. The van der Waals surface area contributed by atoms with E-state index in [9.17, 15) is 0 Å². The second kappa shape index (κ2) is 10.4. The van der Waals surface area contributed by atoms with Gasteiger partial charge in [0.05, 0.1) is 13.1 Å². The molecule has 0 spiro atoms. The number of thiazole rings is 1. The van der Waals surface area contributed by atoms with Crippen LogP contribution in [0.5, 0.6) is 0 Å². The van der Waals surface area contributed by atoms with E-state index in [1.807, 2.05) is 0 Å². The van der Waals surface area contributed by atoms with Crippen molar-refractivity contribution < 1.29 is 4.74 Å². The Bertz CT molecular complexity index is 795. The smallest absolute Gasteiger partial charge is 0.187 e. The summed E-state index contributed by atoms with van der Waals surface area (Å²) < 4.78 is 4.42. The molecule has 2 saturated heterocycles. The molecule has 3 heterocycles. The fourth-order valence-corrected chi connectivity index (χ4v) is 6.07. The van der Waals surface area contributed by atoms with Crippen LogP contribution in [0.15, 0.2) is 24.3 Å². The van der Waals surface area contributed by atoms with Crippen molar-refractivity contribution in [2.24, 2.45) is 5.92 Å². The SMILES string of the molecule is CCC1CCN(Cc2ccc(CC(C)c3sc(N4CC[OH+]CC4)nc3Cl)cc2)CC1. The fourth-order valence-electron chi connectivity index (χ4n) is 4.58. The highest BCUT2D eigenvalue weighted by molar-refractivity contribution is 7.16. The first-order chi connectivity index (χ1) is 14.6. The molecule has 0 aliphatic carbocycles. The number of anilines is 1. The number of halogens is 1. The van der Waals surface area contributed by atoms with Crippen LogP contribution in [0.25, 0.3) is 0 Å². The summed E-state index contributed by atoms with van der Waals surface area (Å²) >= 11 is 8.28. The number of benzene rings is 1. The third kappa shape index (κ3) is 5.56. The lowest BCUT2D eigenvalue weighted by molar-refractivity contribution is -0.0437. The fraction of sp³-hybridized carbons (Fsp3) is 0.625. The van der Waals surface area contributed by atoms with Crippen LogP contribution in [0.3, 0.4) is 0 Å². The third-order valence-corrected chi connectivity index (χ3v) is 8.38. The summed E-state index contributed by atoms with van der Waals surface area (Å²) in [7, 11) is 0. The molecule has 1 N–H and O–H groups in total. The zero-order valence-electron chi connectivity index (χ0n) is 18.3. The van der Waals surface area contributed by atoms with Gasteiger partial charge < -0.3 is 9.64 Å². The lowest BCUT2D eigenvalue weighted by Gasteiger charge is -2.31. The molecule has 0 saturated carbocycles. The number of nitrogens with zero attached hydrogens (tertiary/aromatic N) is 3. The molecule has 6 heteroatoms. The minimum Gasteiger partial charge on any atom is -0.431 e. The average Bonchev–Trinajstić information content (AvgIpc) is 3.18. The lowest BCUT2D eigenvalue weighted by atomic mass is 9.94. The lowest BCUT2D eigenvalue weighted by Crippen LogP contribution is -2.38. The molecule has 164 valence electrons. The summed E-state index contributed by atoms with van der Waals surface area (Å²) in [6.07, 6.45) is 5.05. The predicted molar refractivity (Wildman–Crippen MR) is 128 cm³/mol. The van der Waals surface area contributed by atoms with Crippen molar-refractivity contribution >= 4 is 28.1 Å². The van der Waals surface area contributed by atoms with Crippen LogP contribution >= 0.6 is 22.9 Å². The molecule has 2 aliphatic heterocycles. The summed E-state index contributed by atoms with van der Waals surface area (Å²) in [4.78, 5) is 10.8. The molecular formula is C24H35ClN3OS+. The maximum absolute atomic E-state index is 6.52. The minimum absolute atomic E-state index is 0.372. The van der Waals surface area contributed by atoms with Crippen LogP contribution in [0.1, 0.15) is 55.0 Å². The monoisotopic (exact) mass is 448 g/mol. The molecular weight excluding hydrogens is 414 g/mol. The van der Waals surface area contributed by atoms with Crippen LogP contribution in [-0.4, -0.2) is 54.0 Å². The highest BCUT2D eigenvalue weighted by atomic mass is 35.5. The third-order valence-electron chi connectivity index (χ3n) is 6.63. The number of rotatable bonds is 7. The predicted octanol–water partition coefficient (Wildman–Crippen LogP) is 5.11. The summed E-state index contributed by atoms with van der Waals surface area (Å²) in [6, 6.07) is 9.22. The van der Waals surface area contributed by atoms with Gasteiger partial charge in [-0.1, -0.05) is 56.1 Å². The summed E-state index contributed by atoms with van der Waals surface area (Å²) in [5.74, 6) is 1.31. The Balaban J connectivity index is 1.32. The average molecular weight is 449 g/mol. The molecule has 4 nitrogen and oxygen atoms in total. The number of morpholine rings is 1. The molecule has 4 rings (SSSR count). The number of piperidine rings is 1. The van der Waals surface area contributed by atoms with Crippen molar-refractivity contribution in [1.82, 2.24) is 9.88 Å². The summed E-state index contributed by atoms with van der Waals surface area (Å²) in [5.41, 5.74) is 2.80. The minimum atomic E-state index is 0.372. The quantitative estimate of drug-likeness (QED) is 0.551. The number of hydrogen-bond acceptors (Lipinski definition) is 4. The van der Waals surface area contributed by atoms with E-state index in [4.69, 9.17) is 11.6 Å². The largest absolute Gasteiger partial charge is 0.431 e. The van der Waals surface area contributed by atoms with Crippen molar-refractivity contribution in [3.8, 4) is 0 Å². The normalized spacial score (nSPS) is 19.9. The van der Waals surface area contributed by atoms with Gasteiger partial charge in [-0.3, -0.25) is 4.90 Å². The maximum Gasteiger partial charge on any atom is 0.187 e. The van der Waals surface area contributed by atoms with E-state index in [-0.39, 0.29) is 0 Å². The molecule has 1 atom stereocenters. The van der Waals surface area contributed by atoms with Crippen LogP contribution in [0.2, 0.25) is 5.15 Å². The first-order valence-corrected chi connectivity index (χ1v) is 12.7. The van der Waals surface area contributed by atoms with E-state index in [1.165, 1.54) is 48.4 Å². The first kappa shape index (κ1) is 22.1. The molecule has 2 aliphatic rings. The van der Waals surface area contributed by atoms with Crippen molar-refractivity contribution in [3.63, 3.8) is 0 Å². The molecule has 2 aromatic rings. The van der Waals surface area contributed by atoms with Gasteiger partial charge in [-0.25, -0.2) is 4.98 Å². The van der Waals surface area contributed by atoms with Crippen molar-refractivity contribution in [2.75, 3.05) is 44.3 Å². The van der Waals surface area contributed by atoms with Gasteiger partial charge in [0.2, 0.25) is 0 Å². The van der Waals surface area contributed by atoms with Crippen molar-refractivity contribution in [3.05, 3.63) is 45.4 Å². The van der Waals surface area contributed by atoms with Crippen molar-refractivity contribution in [1.29, 1.82) is 0 Å².